The number of ether oxygens (including phenoxy) is 4. The number of aliphatic hydroxyl groups is 8. The number of hydrogen-bond acceptors (Lipinski definition) is 13. The molecule has 0 spiro atoms. The van der Waals surface area contributed by atoms with Crippen molar-refractivity contribution < 1.29 is 64.6 Å². The van der Waals surface area contributed by atoms with Crippen LogP contribution >= 0.6 is 0 Å². The maximum Gasteiger partial charge on any atom is 0.220 e. The highest BCUT2D eigenvalue weighted by atomic mass is 16.7. The van der Waals surface area contributed by atoms with Gasteiger partial charge in [-0.3, -0.25) is 4.79 Å². The lowest BCUT2D eigenvalue weighted by Gasteiger charge is -2.46. The first-order chi connectivity index (χ1) is 39.1. The number of aliphatic hydroxyl groups excluding tert-OH is 8. The van der Waals surface area contributed by atoms with Crippen molar-refractivity contribution >= 4 is 5.91 Å². The molecule has 2 rings (SSSR count). The molecule has 2 aliphatic heterocycles. The second-order valence-electron chi connectivity index (χ2n) is 23.2. The van der Waals surface area contributed by atoms with Crippen molar-refractivity contribution in [3.8, 4) is 0 Å². The van der Waals surface area contributed by atoms with Crippen LogP contribution in [0.3, 0.4) is 0 Å². The van der Waals surface area contributed by atoms with Gasteiger partial charge >= 0.3 is 0 Å². The molecule has 12 atom stereocenters. The van der Waals surface area contributed by atoms with Gasteiger partial charge in [-0.15, -0.1) is 0 Å². The van der Waals surface area contributed by atoms with E-state index >= 15 is 0 Å². The van der Waals surface area contributed by atoms with Gasteiger partial charge in [-0.1, -0.05) is 262 Å². The zero-order chi connectivity index (χ0) is 58.1. The first kappa shape index (κ1) is 74.1. The topological polar surface area (TPSA) is 228 Å². The Kier molecular flexibility index (Phi) is 47.6. The first-order valence-corrected chi connectivity index (χ1v) is 32.9. The molecule has 0 bridgehead atoms. The third-order valence-corrected chi connectivity index (χ3v) is 16.0. The van der Waals surface area contributed by atoms with Crippen LogP contribution in [0.25, 0.3) is 0 Å². The standard InChI is InChI=1S/C66H121NO13/c1-3-5-7-9-11-13-15-17-19-21-22-23-24-25-26-27-28-29-30-31-32-34-35-37-39-41-43-45-47-49-55(70)54(67-58(71)50-48-46-44-42-40-38-36-33-20-18-16-14-12-10-8-6-4-2)53-77-65-63(76)61(74)64(57(52-69)79-65)80-66-62(75)60(73)59(72)56(51-68)78-66/h6,8,12,14,18,20,47,49,54-57,59-66,68-70,72-76H,3-5,7,9-11,13,15-17,19,21-46,48,50-53H2,1-2H3,(H,67,71)/b8-6-,14-12-,20-18-,49-47+. The zero-order valence-electron chi connectivity index (χ0n) is 50.6. The van der Waals surface area contributed by atoms with Crippen LogP contribution in [0.15, 0.2) is 48.6 Å². The van der Waals surface area contributed by atoms with Crippen molar-refractivity contribution in [2.24, 2.45) is 0 Å². The van der Waals surface area contributed by atoms with E-state index in [9.17, 15) is 45.6 Å². The summed E-state index contributed by atoms with van der Waals surface area (Å²) in [5, 5.41) is 87.3. The Bertz CT molecular complexity index is 1530. The second-order valence-corrected chi connectivity index (χ2v) is 23.2. The van der Waals surface area contributed by atoms with Crippen molar-refractivity contribution in [1.29, 1.82) is 0 Å². The summed E-state index contributed by atoms with van der Waals surface area (Å²) in [7, 11) is 0. The molecule has 2 fully saturated rings. The van der Waals surface area contributed by atoms with Crippen molar-refractivity contribution in [3.63, 3.8) is 0 Å². The monoisotopic (exact) mass is 1140 g/mol. The summed E-state index contributed by atoms with van der Waals surface area (Å²) in [4.78, 5) is 13.3. The molecular formula is C66H121NO13. The Morgan fingerprint density at radius 2 is 0.863 bits per heavy atom. The van der Waals surface area contributed by atoms with E-state index in [0.29, 0.717) is 6.42 Å². The van der Waals surface area contributed by atoms with Crippen LogP contribution in [0, 0.1) is 0 Å². The van der Waals surface area contributed by atoms with Gasteiger partial charge in [0.2, 0.25) is 5.91 Å². The quantitative estimate of drug-likeness (QED) is 0.0204. The predicted molar refractivity (Wildman–Crippen MR) is 323 cm³/mol. The second kappa shape index (κ2) is 51.4. The van der Waals surface area contributed by atoms with Crippen LogP contribution in [0.1, 0.15) is 271 Å². The van der Waals surface area contributed by atoms with E-state index in [2.05, 4.69) is 55.6 Å². The van der Waals surface area contributed by atoms with Crippen LogP contribution in [0.4, 0.5) is 0 Å². The minimum absolute atomic E-state index is 0.248. The summed E-state index contributed by atoms with van der Waals surface area (Å²) >= 11 is 0. The van der Waals surface area contributed by atoms with Gasteiger partial charge in [0, 0.05) is 6.42 Å². The molecule has 12 unspecified atom stereocenters. The van der Waals surface area contributed by atoms with E-state index < -0.39 is 86.8 Å². The number of hydrogen-bond donors (Lipinski definition) is 9. The first-order valence-electron chi connectivity index (χ1n) is 32.9. The highest BCUT2D eigenvalue weighted by molar-refractivity contribution is 5.76. The molecule has 0 saturated carbocycles. The maximum atomic E-state index is 13.3. The molecule has 14 nitrogen and oxygen atoms in total. The Morgan fingerprint density at radius 3 is 1.32 bits per heavy atom. The van der Waals surface area contributed by atoms with E-state index in [4.69, 9.17) is 18.9 Å². The van der Waals surface area contributed by atoms with Crippen molar-refractivity contribution in [2.45, 2.75) is 344 Å². The van der Waals surface area contributed by atoms with Crippen molar-refractivity contribution in [3.05, 3.63) is 48.6 Å². The summed E-state index contributed by atoms with van der Waals surface area (Å²) in [6, 6.07) is -0.922. The minimum atomic E-state index is -1.79. The van der Waals surface area contributed by atoms with Gasteiger partial charge in [-0.25, -0.2) is 0 Å². The Labute approximate surface area is 486 Å². The van der Waals surface area contributed by atoms with Crippen LogP contribution in [0.5, 0.6) is 0 Å². The fourth-order valence-electron chi connectivity index (χ4n) is 10.8. The smallest absolute Gasteiger partial charge is 0.220 e. The van der Waals surface area contributed by atoms with E-state index in [0.717, 1.165) is 70.6 Å². The van der Waals surface area contributed by atoms with Gasteiger partial charge in [0.25, 0.3) is 0 Å². The molecular weight excluding hydrogens is 1010 g/mol. The SMILES string of the molecule is CC/C=C\C/C=C\C/C=C\CCCCCCCCCC(=O)NC(COC1OC(CO)C(OC2OC(CO)C(O)C(O)C2O)C(O)C1O)C(O)/C=C/CCCCCCCCCCCCCCCCCCCCCCCCCCCCC. The summed E-state index contributed by atoms with van der Waals surface area (Å²) in [5.74, 6) is -0.248. The van der Waals surface area contributed by atoms with Crippen LogP contribution in [-0.4, -0.2) is 140 Å². The highest BCUT2D eigenvalue weighted by Gasteiger charge is 2.51. The zero-order valence-corrected chi connectivity index (χ0v) is 50.6. The molecule has 0 aromatic carbocycles. The number of carbonyl (C=O) groups excluding carboxylic acids is 1. The maximum absolute atomic E-state index is 13.3. The fraction of sp³-hybridized carbons (Fsp3) is 0.864. The van der Waals surface area contributed by atoms with Crippen LogP contribution in [-0.2, 0) is 23.7 Å². The van der Waals surface area contributed by atoms with Gasteiger partial charge in [0.05, 0.1) is 32.0 Å². The van der Waals surface area contributed by atoms with Crippen molar-refractivity contribution in [2.75, 3.05) is 19.8 Å². The minimum Gasteiger partial charge on any atom is -0.394 e. The third-order valence-electron chi connectivity index (χ3n) is 16.0. The fourth-order valence-corrected chi connectivity index (χ4v) is 10.8. The number of unbranched alkanes of at least 4 members (excludes halogenated alkanes) is 34. The average Bonchev–Trinajstić information content (AvgIpc) is 3.49. The molecule has 2 aliphatic rings. The third kappa shape index (κ3) is 35.9. The van der Waals surface area contributed by atoms with Crippen LogP contribution in [0.2, 0.25) is 0 Å². The molecule has 2 heterocycles. The highest BCUT2D eigenvalue weighted by Crippen LogP contribution is 2.30. The number of rotatable bonds is 53. The van der Waals surface area contributed by atoms with E-state index in [-0.39, 0.29) is 18.9 Å². The summed E-state index contributed by atoms with van der Waals surface area (Å²) < 4.78 is 22.8. The van der Waals surface area contributed by atoms with Gasteiger partial charge in [0.1, 0.15) is 48.8 Å². The Morgan fingerprint density at radius 1 is 0.463 bits per heavy atom. The number of amides is 1. The van der Waals surface area contributed by atoms with Crippen molar-refractivity contribution in [1.82, 2.24) is 5.32 Å². The van der Waals surface area contributed by atoms with Crippen LogP contribution < -0.4 is 5.32 Å². The van der Waals surface area contributed by atoms with Gasteiger partial charge in [-0.05, 0) is 51.4 Å². The normalized spacial score (nSPS) is 24.5. The summed E-state index contributed by atoms with van der Waals surface area (Å²) in [6.07, 6.45) is 48.8. The molecule has 468 valence electrons. The lowest BCUT2D eigenvalue weighted by atomic mass is 9.97. The van der Waals surface area contributed by atoms with E-state index in [1.807, 2.05) is 6.08 Å². The van der Waals surface area contributed by atoms with Gasteiger partial charge in [0.15, 0.2) is 12.6 Å². The average molecular weight is 1140 g/mol. The lowest BCUT2D eigenvalue weighted by Crippen LogP contribution is -2.65. The molecule has 0 aliphatic carbocycles. The molecule has 0 aromatic rings. The lowest BCUT2D eigenvalue weighted by molar-refractivity contribution is -0.359. The van der Waals surface area contributed by atoms with E-state index in [1.54, 1.807) is 6.08 Å². The van der Waals surface area contributed by atoms with E-state index in [1.165, 1.54) is 173 Å². The molecule has 9 N–H and O–H groups in total. The molecule has 80 heavy (non-hydrogen) atoms. The Hall–Kier alpha value is -2.05. The molecule has 0 radical (unpaired) electrons. The Balaban J connectivity index is 1.69. The molecule has 0 aromatic heterocycles. The summed E-state index contributed by atoms with van der Waals surface area (Å²) in [6.45, 7) is 2.71. The number of nitrogens with one attached hydrogen (secondary N) is 1. The predicted octanol–water partition coefficient (Wildman–Crippen LogP) is 12.3. The molecule has 2 saturated heterocycles. The molecule has 14 heteroatoms. The number of allylic oxidation sites excluding steroid dienone is 7. The van der Waals surface area contributed by atoms with Gasteiger partial charge < -0.3 is 65.1 Å². The van der Waals surface area contributed by atoms with Gasteiger partial charge in [-0.2, -0.15) is 0 Å². The summed E-state index contributed by atoms with van der Waals surface area (Å²) in [5.41, 5.74) is 0. The number of carbonyl (C=O) groups is 1. The molecule has 1 amide bonds. The largest absolute Gasteiger partial charge is 0.394 e.